The van der Waals surface area contributed by atoms with Gasteiger partial charge in [-0.25, -0.2) is 0 Å². The largest absolute Gasteiger partial charge is 0.389 e. The molecule has 4 nitrogen and oxygen atoms in total. The molecule has 16 heavy (non-hydrogen) atoms. The van der Waals surface area contributed by atoms with Crippen LogP contribution in [0, 0.1) is 0 Å². The molecule has 0 aliphatic heterocycles. The molecular formula is C11H15N3OS. The number of rotatable bonds is 4. The molecule has 1 amide bonds. The third kappa shape index (κ3) is 2.93. The molecule has 0 saturated carbocycles. The number of hydrogen-bond donors (Lipinski definition) is 3. The summed E-state index contributed by atoms with van der Waals surface area (Å²) in [6, 6.07) is 7.20. The van der Waals surface area contributed by atoms with Crippen molar-refractivity contribution in [2.45, 2.75) is 19.4 Å². The lowest BCUT2D eigenvalue weighted by molar-refractivity contribution is -0.121. The lowest BCUT2D eigenvalue weighted by Gasteiger charge is -2.23. The van der Waals surface area contributed by atoms with Crippen LogP contribution in [0.3, 0.4) is 0 Å². The first-order valence-corrected chi connectivity index (χ1v) is 5.22. The monoisotopic (exact) mass is 237 g/mol. The number of amides is 1. The second-order valence-corrected chi connectivity index (χ2v) is 4.50. The van der Waals surface area contributed by atoms with E-state index in [1.807, 2.05) is 0 Å². The molecule has 0 spiro atoms. The first kappa shape index (κ1) is 12.4. The Hall–Kier alpha value is -1.62. The van der Waals surface area contributed by atoms with Gasteiger partial charge in [0.1, 0.15) is 10.5 Å². The lowest BCUT2D eigenvalue weighted by Crippen LogP contribution is -2.45. The van der Waals surface area contributed by atoms with Crippen LogP contribution in [-0.4, -0.2) is 16.4 Å². The van der Waals surface area contributed by atoms with Crippen molar-refractivity contribution in [2.75, 3.05) is 5.32 Å². The minimum Gasteiger partial charge on any atom is -0.389 e. The van der Waals surface area contributed by atoms with Crippen molar-refractivity contribution in [2.24, 2.45) is 11.5 Å². The summed E-state index contributed by atoms with van der Waals surface area (Å²) in [5.74, 6) is -0.411. The molecule has 1 rings (SSSR count). The van der Waals surface area contributed by atoms with Crippen molar-refractivity contribution in [1.82, 2.24) is 0 Å². The molecule has 0 atom stereocenters. The summed E-state index contributed by atoms with van der Waals surface area (Å²) in [6.45, 7) is 3.44. The molecule has 86 valence electrons. The van der Waals surface area contributed by atoms with Crippen LogP contribution in [-0.2, 0) is 4.79 Å². The molecule has 0 aliphatic rings. The fraction of sp³-hybridized carbons (Fsp3) is 0.273. The van der Waals surface area contributed by atoms with Crippen LogP contribution in [0.2, 0.25) is 0 Å². The number of hydrogen-bond acceptors (Lipinski definition) is 3. The van der Waals surface area contributed by atoms with Crippen LogP contribution in [0.25, 0.3) is 0 Å². The van der Waals surface area contributed by atoms with E-state index >= 15 is 0 Å². The first-order chi connectivity index (χ1) is 7.33. The maximum Gasteiger partial charge on any atom is 0.242 e. The van der Waals surface area contributed by atoms with E-state index in [4.69, 9.17) is 23.7 Å². The topological polar surface area (TPSA) is 81.1 Å². The van der Waals surface area contributed by atoms with E-state index in [0.717, 1.165) is 11.3 Å². The van der Waals surface area contributed by atoms with Gasteiger partial charge in [0, 0.05) is 11.3 Å². The van der Waals surface area contributed by atoms with E-state index in [1.54, 1.807) is 38.1 Å². The molecule has 0 heterocycles. The normalized spacial score (nSPS) is 10.9. The molecule has 0 aliphatic carbocycles. The summed E-state index contributed by atoms with van der Waals surface area (Å²) in [7, 11) is 0. The van der Waals surface area contributed by atoms with Gasteiger partial charge >= 0.3 is 0 Å². The minimum absolute atomic E-state index is 0.348. The van der Waals surface area contributed by atoms with Gasteiger partial charge in [-0.1, -0.05) is 12.2 Å². The van der Waals surface area contributed by atoms with Crippen molar-refractivity contribution in [1.29, 1.82) is 0 Å². The van der Waals surface area contributed by atoms with Gasteiger partial charge < -0.3 is 16.8 Å². The second-order valence-electron chi connectivity index (χ2n) is 4.06. The molecule has 0 fully saturated rings. The zero-order chi connectivity index (χ0) is 12.3. The SMILES string of the molecule is CC(C)(Nc1ccc(C(N)=S)cc1)C(N)=O. The average Bonchev–Trinajstić information content (AvgIpc) is 2.17. The van der Waals surface area contributed by atoms with Crippen LogP contribution in [0.15, 0.2) is 24.3 Å². The number of anilines is 1. The number of carbonyl (C=O) groups is 1. The number of benzene rings is 1. The van der Waals surface area contributed by atoms with Crippen molar-refractivity contribution in [3.05, 3.63) is 29.8 Å². The van der Waals surface area contributed by atoms with E-state index < -0.39 is 11.4 Å². The Labute approximate surface area is 100 Å². The van der Waals surface area contributed by atoms with E-state index in [1.165, 1.54) is 0 Å². The van der Waals surface area contributed by atoms with Crippen molar-refractivity contribution in [3.63, 3.8) is 0 Å². The number of carbonyl (C=O) groups excluding carboxylic acids is 1. The Morgan fingerprint density at radius 3 is 2.12 bits per heavy atom. The summed E-state index contributed by atoms with van der Waals surface area (Å²) < 4.78 is 0. The third-order valence-corrected chi connectivity index (χ3v) is 2.48. The summed E-state index contributed by atoms with van der Waals surface area (Å²) in [5, 5.41) is 3.03. The van der Waals surface area contributed by atoms with E-state index in [2.05, 4.69) is 5.32 Å². The highest BCUT2D eigenvalue weighted by molar-refractivity contribution is 7.80. The highest BCUT2D eigenvalue weighted by atomic mass is 32.1. The van der Waals surface area contributed by atoms with Crippen LogP contribution >= 0.6 is 12.2 Å². The fourth-order valence-electron chi connectivity index (χ4n) is 1.14. The predicted molar refractivity (Wildman–Crippen MR) is 69.2 cm³/mol. The van der Waals surface area contributed by atoms with Gasteiger partial charge in [0.05, 0.1) is 0 Å². The van der Waals surface area contributed by atoms with Crippen molar-refractivity contribution < 1.29 is 4.79 Å². The van der Waals surface area contributed by atoms with Crippen LogP contribution < -0.4 is 16.8 Å². The molecule has 0 aromatic heterocycles. The summed E-state index contributed by atoms with van der Waals surface area (Å²) in [6.07, 6.45) is 0. The lowest BCUT2D eigenvalue weighted by atomic mass is 10.0. The molecule has 0 saturated heterocycles. The Balaban J connectivity index is 2.84. The van der Waals surface area contributed by atoms with Crippen LogP contribution in [0.1, 0.15) is 19.4 Å². The molecular weight excluding hydrogens is 222 g/mol. The Kier molecular flexibility index (Phi) is 3.49. The van der Waals surface area contributed by atoms with E-state index in [-0.39, 0.29) is 0 Å². The quantitative estimate of drug-likeness (QED) is 0.682. The standard InChI is InChI=1S/C11H15N3OS/c1-11(2,10(13)15)14-8-5-3-7(4-6-8)9(12)16/h3-6,14H,1-2H3,(H2,12,16)(H2,13,15). The van der Waals surface area contributed by atoms with Gasteiger partial charge in [-0.3, -0.25) is 4.79 Å². The predicted octanol–water partition coefficient (Wildman–Crippen LogP) is 0.997. The first-order valence-electron chi connectivity index (χ1n) is 4.81. The average molecular weight is 237 g/mol. The Bertz CT molecular complexity index is 412. The number of nitrogens with one attached hydrogen (secondary N) is 1. The van der Waals surface area contributed by atoms with Gasteiger partial charge in [-0.05, 0) is 38.1 Å². The molecule has 5 N–H and O–H groups in total. The minimum atomic E-state index is -0.787. The van der Waals surface area contributed by atoms with E-state index in [0.29, 0.717) is 4.99 Å². The number of thiocarbonyl (C=S) groups is 1. The Morgan fingerprint density at radius 1 is 1.25 bits per heavy atom. The molecule has 5 heteroatoms. The fourth-order valence-corrected chi connectivity index (χ4v) is 1.28. The van der Waals surface area contributed by atoms with Crippen molar-refractivity contribution in [3.8, 4) is 0 Å². The van der Waals surface area contributed by atoms with Gasteiger partial charge in [-0.15, -0.1) is 0 Å². The van der Waals surface area contributed by atoms with Gasteiger partial charge in [-0.2, -0.15) is 0 Å². The molecule has 1 aromatic rings. The highest BCUT2D eigenvalue weighted by Crippen LogP contribution is 2.15. The van der Waals surface area contributed by atoms with Crippen molar-refractivity contribution >= 4 is 28.8 Å². The molecule has 0 unspecified atom stereocenters. The Morgan fingerprint density at radius 2 is 1.75 bits per heavy atom. The highest BCUT2D eigenvalue weighted by Gasteiger charge is 2.24. The summed E-state index contributed by atoms with van der Waals surface area (Å²) in [4.78, 5) is 11.5. The molecule has 0 radical (unpaired) electrons. The molecule has 1 aromatic carbocycles. The van der Waals surface area contributed by atoms with E-state index in [9.17, 15) is 4.79 Å². The third-order valence-electron chi connectivity index (χ3n) is 2.24. The smallest absolute Gasteiger partial charge is 0.242 e. The summed E-state index contributed by atoms with van der Waals surface area (Å²) in [5.41, 5.74) is 11.5. The maximum absolute atomic E-state index is 11.1. The van der Waals surface area contributed by atoms with Gasteiger partial charge in [0.15, 0.2) is 0 Å². The summed E-state index contributed by atoms with van der Waals surface area (Å²) >= 11 is 4.84. The zero-order valence-corrected chi connectivity index (χ0v) is 10.1. The van der Waals surface area contributed by atoms with Gasteiger partial charge in [0.25, 0.3) is 0 Å². The zero-order valence-electron chi connectivity index (χ0n) is 9.28. The van der Waals surface area contributed by atoms with Crippen LogP contribution in [0.5, 0.6) is 0 Å². The maximum atomic E-state index is 11.1. The number of primary amides is 1. The van der Waals surface area contributed by atoms with Gasteiger partial charge in [0.2, 0.25) is 5.91 Å². The second kappa shape index (κ2) is 4.49. The number of nitrogens with two attached hydrogens (primary N) is 2. The van der Waals surface area contributed by atoms with Crippen LogP contribution in [0.4, 0.5) is 5.69 Å². The molecule has 0 bridgehead atoms.